The van der Waals surface area contributed by atoms with E-state index in [1.807, 2.05) is 0 Å². The first kappa shape index (κ1) is 21.3. The molecule has 5 nitrogen and oxygen atoms in total. The van der Waals surface area contributed by atoms with Gasteiger partial charge in [-0.05, 0) is 25.3 Å². The number of aliphatic hydroxyl groups excluding tert-OH is 2. The molecule has 4 atom stereocenters. The smallest absolute Gasteiger partial charge is 0.303 e. The first-order valence-corrected chi connectivity index (χ1v) is 9.09. The lowest BCUT2D eigenvalue weighted by atomic mass is 9.87. The van der Waals surface area contributed by atoms with Gasteiger partial charge in [0.2, 0.25) is 0 Å². The van der Waals surface area contributed by atoms with Gasteiger partial charge < -0.3 is 15.3 Å². The predicted octanol–water partition coefficient (Wildman–Crippen LogP) is 3.03. The van der Waals surface area contributed by atoms with Gasteiger partial charge in [-0.25, -0.2) is 0 Å². The second-order valence-electron chi connectivity index (χ2n) is 6.52. The third-order valence-electron chi connectivity index (χ3n) is 4.37. The summed E-state index contributed by atoms with van der Waals surface area (Å²) in [5.41, 5.74) is 0. The van der Waals surface area contributed by atoms with Gasteiger partial charge in [0.25, 0.3) is 0 Å². The van der Waals surface area contributed by atoms with Gasteiger partial charge in [-0.2, -0.15) is 0 Å². The minimum Gasteiger partial charge on any atom is -0.481 e. The van der Waals surface area contributed by atoms with E-state index < -0.39 is 24.1 Å². The zero-order valence-corrected chi connectivity index (χ0v) is 14.9. The van der Waals surface area contributed by atoms with Gasteiger partial charge in [0.1, 0.15) is 0 Å². The van der Waals surface area contributed by atoms with E-state index in [4.69, 9.17) is 5.11 Å². The molecule has 4 unspecified atom stereocenters. The zero-order valence-electron chi connectivity index (χ0n) is 14.9. The largest absolute Gasteiger partial charge is 0.481 e. The Hall–Kier alpha value is -1.72. The fourth-order valence-electron chi connectivity index (χ4n) is 2.92. The lowest BCUT2D eigenvalue weighted by Crippen LogP contribution is -2.29. The number of rotatable bonds is 12. The highest BCUT2D eigenvalue weighted by Crippen LogP contribution is 2.28. The average Bonchev–Trinajstić information content (AvgIpc) is 2.93. The second-order valence-corrected chi connectivity index (χ2v) is 6.52. The molecule has 0 spiro atoms. The first-order chi connectivity index (χ1) is 12.0. The summed E-state index contributed by atoms with van der Waals surface area (Å²) in [5, 5.41) is 28.8. The van der Waals surface area contributed by atoms with Crippen LogP contribution >= 0.6 is 0 Å². The summed E-state index contributed by atoms with van der Waals surface area (Å²) in [7, 11) is 0. The number of carbonyl (C=O) groups excluding carboxylic acids is 1. The highest BCUT2D eigenvalue weighted by molar-refractivity contribution is 5.95. The summed E-state index contributed by atoms with van der Waals surface area (Å²) in [6, 6.07) is 0. The van der Waals surface area contributed by atoms with Crippen LogP contribution in [0.1, 0.15) is 51.9 Å². The Morgan fingerprint density at radius 1 is 1.28 bits per heavy atom. The molecule has 1 aliphatic rings. The van der Waals surface area contributed by atoms with Crippen molar-refractivity contribution in [1.82, 2.24) is 0 Å². The van der Waals surface area contributed by atoms with Gasteiger partial charge >= 0.3 is 5.97 Å². The number of carboxylic acids is 1. The van der Waals surface area contributed by atoms with E-state index in [9.17, 15) is 19.8 Å². The fraction of sp³-hybridized carbons (Fsp3) is 0.600. The number of aliphatic carboxylic acids is 1. The maximum atomic E-state index is 12.0. The maximum absolute atomic E-state index is 12.0. The molecule has 5 heteroatoms. The van der Waals surface area contributed by atoms with E-state index in [0.29, 0.717) is 19.3 Å². The minimum atomic E-state index is -0.858. The number of hydrogen-bond acceptors (Lipinski definition) is 4. The van der Waals surface area contributed by atoms with E-state index in [2.05, 4.69) is 6.92 Å². The molecule has 0 heterocycles. The lowest BCUT2D eigenvalue weighted by molar-refractivity contribution is -0.136. The molecule has 0 aromatic carbocycles. The zero-order chi connectivity index (χ0) is 18.7. The van der Waals surface area contributed by atoms with Crippen molar-refractivity contribution < 1.29 is 24.9 Å². The number of allylic oxidation sites excluding steroid dienone is 4. The maximum Gasteiger partial charge on any atom is 0.303 e. The molecule has 3 N–H and O–H groups in total. The van der Waals surface area contributed by atoms with Crippen LogP contribution < -0.4 is 0 Å². The van der Waals surface area contributed by atoms with E-state index in [1.54, 1.807) is 30.4 Å². The Kier molecular flexibility index (Phi) is 10.0. The Morgan fingerprint density at radius 3 is 2.72 bits per heavy atom. The highest BCUT2D eigenvalue weighted by Gasteiger charge is 2.33. The number of ketones is 1. The molecule has 0 aliphatic heterocycles. The van der Waals surface area contributed by atoms with Crippen LogP contribution in [0.3, 0.4) is 0 Å². The van der Waals surface area contributed by atoms with Gasteiger partial charge in [0.05, 0.1) is 18.1 Å². The number of carboxylic acid groups (broad SMARTS) is 1. The minimum absolute atomic E-state index is 0.0534. The van der Waals surface area contributed by atoms with E-state index in [-0.39, 0.29) is 18.1 Å². The van der Waals surface area contributed by atoms with Crippen molar-refractivity contribution in [1.29, 1.82) is 0 Å². The van der Waals surface area contributed by atoms with Crippen LogP contribution in [0.2, 0.25) is 0 Å². The van der Waals surface area contributed by atoms with Gasteiger partial charge in [0.15, 0.2) is 5.78 Å². The van der Waals surface area contributed by atoms with Crippen LogP contribution in [-0.4, -0.2) is 39.3 Å². The van der Waals surface area contributed by atoms with Crippen LogP contribution in [0, 0.1) is 11.8 Å². The van der Waals surface area contributed by atoms with Crippen molar-refractivity contribution in [2.75, 3.05) is 0 Å². The molecule has 1 aliphatic carbocycles. The summed E-state index contributed by atoms with van der Waals surface area (Å²) >= 11 is 0. The SMILES string of the molecule is CCCCCC(O)C=CC1C=CC(=O)C1C(O)CC=CCCC(=O)O. The number of unbranched alkanes of at least 4 members (excludes halogenated alkanes) is 2. The Bertz CT molecular complexity index is 506. The third-order valence-corrected chi connectivity index (χ3v) is 4.37. The molecule has 0 saturated carbocycles. The highest BCUT2D eigenvalue weighted by atomic mass is 16.4. The standard InChI is InChI=1S/C20H30O5/c1-2-3-5-8-16(21)13-11-15-12-14-18(23)20(15)17(22)9-6-4-7-10-19(24)25/h4,6,11-17,20-22H,2-3,5,7-10H2,1H3,(H,24,25). The lowest BCUT2D eigenvalue weighted by Gasteiger charge is -2.20. The number of aliphatic hydroxyl groups is 2. The van der Waals surface area contributed by atoms with Crippen LogP contribution in [0.5, 0.6) is 0 Å². The van der Waals surface area contributed by atoms with Crippen molar-refractivity contribution in [3.63, 3.8) is 0 Å². The summed E-state index contributed by atoms with van der Waals surface area (Å²) in [6.07, 6.45) is 13.5. The molecule has 0 radical (unpaired) electrons. The van der Waals surface area contributed by atoms with Crippen molar-refractivity contribution in [2.45, 2.75) is 64.1 Å². The van der Waals surface area contributed by atoms with Crippen molar-refractivity contribution in [2.24, 2.45) is 11.8 Å². The fourth-order valence-corrected chi connectivity index (χ4v) is 2.92. The molecular formula is C20H30O5. The molecule has 1 rings (SSSR count). The monoisotopic (exact) mass is 350 g/mol. The molecule has 0 aromatic heterocycles. The molecule has 25 heavy (non-hydrogen) atoms. The van der Waals surface area contributed by atoms with Gasteiger partial charge in [0, 0.05) is 12.3 Å². The van der Waals surface area contributed by atoms with Crippen molar-refractivity contribution >= 4 is 11.8 Å². The normalized spacial score (nSPS) is 22.9. The quantitative estimate of drug-likeness (QED) is 0.371. The van der Waals surface area contributed by atoms with E-state index >= 15 is 0 Å². The molecule has 0 saturated heterocycles. The first-order valence-electron chi connectivity index (χ1n) is 9.09. The molecule has 140 valence electrons. The summed E-state index contributed by atoms with van der Waals surface area (Å²) < 4.78 is 0. The Morgan fingerprint density at radius 2 is 2.04 bits per heavy atom. The summed E-state index contributed by atoms with van der Waals surface area (Å²) in [6.45, 7) is 2.11. The van der Waals surface area contributed by atoms with Crippen molar-refractivity contribution in [3.05, 3.63) is 36.5 Å². The van der Waals surface area contributed by atoms with Crippen molar-refractivity contribution in [3.8, 4) is 0 Å². The molecule has 0 amide bonds. The molecule has 0 fully saturated rings. The summed E-state index contributed by atoms with van der Waals surface area (Å²) in [5.74, 6) is -1.72. The Labute approximate surface area is 149 Å². The Balaban J connectivity index is 2.49. The number of hydrogen-bond donors (Lipinski definition) is 3. The predicted molar refractivity (Wildman–Crippen MR) is 97.0 cm³/mol. The van der Waals surface area contributed by atoms with Gasteiger partial charge in [-0.1, -0.05) is 56.6 Å². The molecular weight excluding hydrogens is 320 g/mol. The third kappa shape index (κ3) is 8.27. The molecule has 0 aromatic rings. The van der Waals surface area contributed by atoms with Gasteiger partial charge in [-0.3, -0.25) is 9.59 Å². The topological polar surface area (TPSA) is 94.8 Å². The van der Waals surface area contributed by atoms with Crippen LogP contribution in [-0.2, 0) is 9.59 Å². The van der Waals surface area contributed by atoms with Crippen LogP contribution in [0.25, 0.3) is 0 Å². The van der Waals surface area contributed by atoms with Gasteiger partial charge in [-0.15, -0.1) is 0 Å². The number of carbonyl (C=O) groups is 2. The summed E-state index contributed by atoms with van der Waals surface area (Å²) in [4.78, 5) is 22.5. The average molecular weight is 350 g/mol. The van der Waals surface area contributed by atoms with E-state index in [0.717, 1.165) is 19.3 Å². The van der Waals surface area contributed by atoms with Crippen LogP contribution in [0.15, 0.2) is 36.5 Å². The second kappa shape index (κ2) is 11.8. The van der Waals surface area contributed by atoms with Crippen LogP contribution in [0.4, 0.5) is 0 Å². The molecule has 0 bridgehead atoms. The van der Waals surface area contributed by atoms with E-state index in [1.165, 1.54) is 6.08 Å².